The van der Waals surface area contributed by atoms with Gasteiger partial charge in [-0.25, -0.2) is 14.0 Å². The van der Waals surface area contributed by atoms with Crippen LogP contribution < -0.4 is 5.32 Å². The maximum Gasteiger partial charge on any atom is 0.410 e. The van der Waals surface area contributed by atoms with Crippen LogP contribution in [0.5, 0.6) is 0 Å². The average molecular weight is 677 g/mol. The Morgan fingerprint density at radius 2 is 1.71 bits per heavy atom. The molecule has 49 heavy (non-hydrogen) atoms. The van der Waals surface area contributed by atoms with E-state index in [2.05, 4.69) is 10.3 Å². The second kappa shape index (κ2) is 14.1. The SMILES string of the molecule is CC(=O)O[C@@H]1CN(C(=O)[C@@H](NC(=O)OC(C)(C)C)C2CCCCC2)[C@@H]2C(c3c[nH]c4cc(F)ccc34)CN(C(=O)OCc3ccccc3)[C@@H]21. The first-order chi connectivity index (χ1) is 23.4. The highest BCUT2D eigenvalue weighted by Crippen LogP contribution is 2.45. The van der Waals surface area contributed by atoms with Crippen LogP contribution in [0.2, 0.25) is 0 Å². The molecule has 12 heteroatoms. The Kier molecular flexibility index (Phi) is 9.85. The van der Waals surface area contributed by atoms with E-state index in [0.717, 1.165) is 48.6 Å². The average Bonchev–Trinajstić information content (AvgIpc) is 3.75. The largest absolute Gasteiger partial charge is 0.458 e. The molecular formula is C37H45FN4O7. The molecule has 0 radical (unpaired) electrons. The van der Waals surface area contributed by atoms with Crippen molar-refractivity contribution in [2.45, 2.75) is 102 Å². The van der Waals surface area contributed by atoms with Gasteiger partial charge in [0.05, 0.1) is 18.6 Å². The number of nitrogens with zero attached hydrogens (tertiary/aromatic N) is 2. The van der Waals surface area contributed by atoms with Crippen LogP contribution in [-0.4, -0.2) is 81.8 Å². The van der Waals surface area contributed by atoms with Gasteiger partial charge in [-0.3, -0.25) is 14.5 Å². The van der Waals surface area contributed by atoms with Gasteiger partial charge in [-0.05, 0) is 68.9 Å². The minimum atomic E-state index is -0.885. The molecule has 5 atom stereocenters. The smallest absolute Gasteiger partial charge is 0.410 e. The van der Waals surface area contributed by atoms with Crippen molar-refractivity contribution in [1.82, 2.24) is 20.1 Å². The number of H-pyrrole nitrogens is 1. The van der Waals surface area contributed by atoms with Crippen LogP contribution in [0, 0.1) is 11.7 Å². The fraction of sp³-hybridized carbons (Fsp3) is 0.514. The van der Waals surface area contributed by atoms with Crippen LogP contribution in [0.4, 0.5) is 14.0 Å². The lowest BCUT2D eigenvalue weighted by Crippen LogP contribution is -2.55. The zero-order valence-electron chi connectivity index (χ0n) is 28.4. The molecule has 1 aliphatic carbocycles. The lowest BCUT2D eigenvalue weighted by molar-refractivity contribution is -0.148. The molecule has 3 heterocycles. The fourth-order valence-corrected chi connectivity index (χ4v) is 7.84. The Balaban J connectivity index is 1.38. The van der Waals surface area contributed by atoms with E-state index in [1.807, 2.05) is 30.3 Å². The van der Waals surface area contributed by atoms with Gasteiger partial charge in [-0.1, -0.05) is 49.6 Å². The number of aromatic nitrogens is 1. The molecule has 11 nitrogen and oxygen atoms in total. The third-order valence-corrected chi connectivity index (χ3v) is 9.81. The lowest BCUT2D eigenvalue weighted by atomic mass is 9.83. The quantitative estimate of drug-likeness (QED) is 0.231. The number of amides is 3. The van der Waals surface area contributed by atoms with Crippen molar-refractivity contribution in [2.24, 2.45) is 5.92 Å². The summed E-state index contributed by atoms with van der Waals surface area (Å²) in [6.07, 6.45) is 4.08. The first-order valence-corrected chi connectivity index (χ1v) is 17.1. The first-order valence-electron chi connectivity index (χ1n) is 17.1. The van der Waals surface area contributed by atoms with Gasteiger partial charge < -0.3 is 29.4 Å². The highest BCUT2D eigenvalue weighted by Gasteiger charge is 2.59. The van der Waals surface area contributed by atoms with E-state index < -0.39 is 59.7 Å². The van der Waals surface area contributed by atoms with Crippen molar-refractivity contribution in [3.63, 3.8) is 0 Å². The molecule has 2 saturated heterocycles. The summed E-state index contributed by atoms with van der Waals surface area (Å²) in [5, 5.41) is 3.65. The number of ether oxygens (including phenoxy) is 3. The molecule has 3 fully saturated rings. The summed E-state index contributed by atoms with van der Waals surface area (Å²) >= 11 is 0. The number of hydrogen-bond acceptors (Lipinski definition) is 7. The van der Waals surface area contributed by atoms with E-state index in [1.54, 1.807) is 42.8 Å². The van der Waals surface area contributed by atoms with Crippen molar-refractivity contribution in [3.05, 3.63) is 71.7 Å². The number of aromatic amines is 1. The molecule has 0 spiro atoms. The van der Waals surface area contributed by atoms with Crippen molar-refractivity contribution >= 4 is 35.0 Å². The van der Waals surface area contributed by atoms with E-state index in [4.69, 9.17) is 14.2 Å². The first kappa shape index (κ1) is 34.3. The number of likely N-dealkylation sites (tertiary alicyclic amines) is 2. The number of alkyl carbamates (subject to hydrolysis) is 1. The van der Waals surface area contributed by atoms with Gasteiger partial charge in [-0.15, -0.1) is 0 Å². The molecule has 0 bridgehead atoms. The summed E-state index contributed by atoms with van der Waals surface area (Å²) in [7, 11) is 0. The lowest BCUT2D eigenvalue weighted by Gasteiger charge is -2.36. The van der Waals surface area contributed by atoms with E-state index in [0.29, 0.717) is 5.52 Å². The summed E-state index contributed by atoms with van der Waals surface area (Å²) < 4.78 is 31.4. The van der Waals surface area contributed by atoms with Crippen molar-refractivity contribution < 1.29 is 37.8 Å². The zero-order valence-corrected chi connectivity index (χ0v) is 28.4. The number of nitrogens with one attached hydrogen (secondary N) is 2. The number of esters is 1. The van der Waals surface area contributed by atoms with Crippen LogP contribution >= 0.6 is 0 Å². The highest BCUT2D eigenvalue weighted by atomic mass is 19.1. The molecular weight excluding hydrogens is 631 g/mol. The molecule has 3 amide bonds. The van der Waals surface area contributed by atoms with E-state index >= 15 is 0 Å². The zero-order chi connectivity index (χ0) is 34.9. The molecule has 3 aliphatic rings. The maximum absolute atomic E-state index is 14.9. The summed E-state index contributed by atoms with van der Waals surface area (Å²) in [6.45, 7) is 6.80. The molecule has 3 aromatic rings. The topological polar surface area (TPSA) is 130 Å². The van der Waals surface area contributed by atoms with Crippen LogP contribution in [-0.2, 0) is 30.4 Å². The number of rotatable bonds is 7. The number of hydrogen-bond donors (Lipinski definition) is 2. The van der Waals surface area contributed by atoms with E-state index in [9.17, 15) is 23.6 Å². The van der Waals surface area contributed by atoms with Crippen LogP contribution in [0.3, 0.4) is 0 Å². The molecule has 1 unspecified atom stereocenters. The molecule has 262 valence electrons. The second-order valence-corrected chi connectivity index (χ2v) is 14.4. The number of benzene rings is 2. The summed E-state index contributed by atoms with van der Waals surface area (Å²) in [5.74, 6) is -1.84. The molecule has 1 saturated carbocycles. The van der Waals surface area contributed by atoms with E-state index in [-0.39, 0.29) is 31.5 Å². The maximum atomic E-state index is 14.9. The van der Waals surface area contributed by atoms with Gasteiger partial charge in [0.1, 0.15) is 30.2 Å². The van der Waals surface area contributed by atoms with Crippen LogP contribution in [0.25, 0.3) is 10.9 Å². The Hall–Kier alpha value is -4.61. The molecule has 2 N–H and O–H groups in total. The monoisotopic (exact) mass is 676 g/mol. The second-order valence-electron chi connectivity index (χ2n) is 14.4. The number of carbonyl (C=O) groups is 4. The molecule has 2 aromatic carbocycles. The number of carbonyl (C=O) groups excluding carboxylic acids is 4. The number of halogens is 1. The van der Waals surface area contributed by atoms with Crippen molar-refractivity contribution in [2.75, 3.05) is 13.1 Å². The normalized spacial score (nSPS) is 23.2. The number of fused-ring (bicyclic) bond motifs is 2. The minimum absolute atomic E-state index is 0.0168. The highest BCUT2D eigenvalue weighted by molar-refractivity contribution is 5.88. The van der Waals surface area contributed by atoms with Gasteiger partial charge in [0.15, 0.2) is 0 Å². The Bertz CT molecular complexity index is 1680. The van der Waals surface area contributed by atoms with Crippen LogP contribution in [0.1, 0.15) is 76.8 Å². The Labute approximate surface area is 285 Å². The van der Waals surface area contributed by atoms with Crippen molar-refractivity contribution in [1.29, 1.82) is 0 Å². The van der Waals surface area contributed by atoms with Gasteiger partial charge in [0, 0.05) is 36.5 Å². The van der Waals surface area contributed by atoms with Gasteiger partial charge >= 0.3 is 18.2 Å². The minimum Gasteiger partial charge on any atom is -0.458 e. The summed E-state index contributed by atoms with van der Waals surface area (Å²) in [4.78, 5) is 60.7. The fourth-order valence-electron chi connectivity index (χ4n) is 7.84. The third-order valence-electron chi connectivity index (χ3n) is 9.81. The Morgan fingerprint density at radius 3 is 2.41 bits per heavy atom. The van der Waals surface area contributed by atoms with Crippen molar-refractivity contribution in [3.8, 4) is 0 Å². The van der Waals surface area contributed by atoms with Crippen LogP contribution in [0.15, 0.2) is 54.7 Å². The summed E-state index contributed by atoms with van der Waals surface area (Å²) in [5.41, 5.74) is 1.41. The third kappa shape index (κ3) is 7.52. The van der Waals surface area contributed by atoms with E-state index in [1.165, 1.54) is 19.1 Å². The molecule has 2 aliphatic heterocycles. The van der Waals surface area contributed by atoms with Gasteiger partial charge in [-0.2, -0.15) is 0 Å². The van der Waals surface area contributed by atoms with Gasteiger partial charge in [0.25, 0.3) is 0 Å². The molecule has 6 rings (SSSR count). The predicted octanol–water partition coefficient (Wildman–Crippen LogP) is 6.03. The Morgan fingerprint density at radius 1 is 0.980 bits per heavy atom. The predicted molar refractivity (Wildman–Crippen MR) is 179 cm³/mol. The van der Waals surface area contributed by atoms with Gasteiger partial charge in [0.2, 0.25) is 5.91 Å². The molecule has 1 aromatic heterocycles. The standard InChI is InChI=1S/C37H45FN4O7/c1-22(43)48-30-20-41(34(44)31(24-13-9-6-10-14-24)40-35(45)49-37(2,3)4)32-28(27-18-39-29-17-25(38)15-16-26(27)29)19-42(33(30)32)36(46)47-21-23-11-7-5-8-12-23/h5,7-8,11-12,15-18,24,28,30-33,39H,6,9-10,13-14,19-21H2,1-4H3,(H,40,45)/t28?,30-,31+,32-,33-/m1/s1. The summed E-state index contributed by atoms with van der Waals surface area (Å²) in [6, 6.07) is 11.5.